The van der Waals surface area contributed by atoms with Gasteiger partial charge in [0.1, 0.15) is 22.4 Å². The first-order valence-electron chi connectivity index (χ1n) is 7.63. The number of ether oxygens (including phenoxy) is 1. The molecule has 0 unspecified atom stereocenters. The standard InChI is InChI=1S/C18H15BrFNO3S2/c19-17-9-10-18(25-17)26(22,23)21-11-13-3-7-16(8-4-13)24-12-14-1-5-15(20)6-2-14/h1-10,21H,11-12H2. The van der Waals surface area contributed by atoms with E-state index in [0.29, 0.717) is 12.4 Å². The van der Waals surface area contributed by atoms with Crippen LogP contribution in [0.15, 0.2) is 68.7 Å². The van der Waals surface area contributed by atoms with Gasteiger partial charge in [-0.1, -0.05) is 24.3 Å². The molecular weight excluding hydrogens is 441 g/mol. The van der Waals surface area contributed by atoms with E-state index in [4.69, 9.17) is 4.74 Å². The quantitative estimate of drug-likeness (QED) is 0.561. The average molecular weight is 456 g/mol. The molecule has 0 amide bonds. The molecule has 1 N–H and O–H groups in total. The van der Waals surface area contributed by atoms with E-state index < -0.39 is 10.0 Å². The molecule has 136 valence electrons. The third kappa shape index (κ3) is 5.14. The van der Waals surface area contributed by atoms with E-state index in [2.05, 4.69) is 20.7 Å². The summed E-state index contributed by atoms with van der Waals surface area (Å²) in [4.78, 5) is 0. The number of halogens is 2. The van der Waals surface area contributed by atoms with Gasteiger partial charge in [-0.25, -0.2) is 17.5 Å². The Bertz CT molecular complexity index is 970. The normalized spacial score (nSPS) is 11.5. The van der Waals surface area contributed by atoms with E-state index in [0.717, 1.165) is 26.3 Å². The zero-order valence-corrected chi connectivity index (χ0v) is 16.7. The van der Waals surface area contributed by atoms with Gasteiger partial charge in [0.15, 0.2) is 0 Å². The lowest BCUT2D eigenvalue weighted by atomic mass is 10.2. The zero-order chi connectivity index (χ0) is 18.6. The number of thiophene rings is 1. The van der Waals surface area contributed by atoms with E-state index in [9.17, 15) is 12.8 Å². The van der Waals surface area contributed by atoms with Crippen molar-refractivity contribution in [3.05, 3.63) is 81.4 Å². The van der Waals surface area contributed by atoms with E-state index in [1.807, 2.05) is 0 Å². The molecule has 0 saturated carbocycles. The smallest absolute Gasteiger partial charge is 0.250 e. The van der Waals surface area contributed by atoms with E-state index >= 15 is 0 Å². The van der Waals surface area contributed by atoms with Crippen molar-refractivity contribution in [2.45, 2.75) is 17.4 Å². The minimum Gasteiger partial charge on any atom is -0.489 e. The Morgan fingerprint density at radius 2 is 1.62 bits per heavy atom. The first-order chi connectivity index (χ1) is 12.4. The maximum Gasteiger partial charge on any atom is 0.250 e. The van der Waals surface area contributed by atoms with Crippen LogP contribution >= 0.6 is 27.3 Å². The second-order valence-corrected chi connectivity index (χ2v) is 9.90. The van der Waals surface area contributed by atoms with Crippen molar-refractivity contribution in [2.24, 2.45) is 0 Å². The van der Waals surface area contributed by atoms with Crippen molar-refractivity contribution in [1.29, 1.82) is 0 Å². The van der Waals surface area contributed by atoms with E-state index in [1.54, 1.807) is 48.5 Å². The van der Waals surface area contributed by atoms with Crippen molar-refractivity contribution >= 4 is 37.3 Å². The topological polar surface area (TPSA) is 55.4 Å². The van der Waals surface area contributed by atoms with Gasteiger partial charge in [0, 0.05) is 6.54 Å². The minimum atomic E-state index is -3.52. The Morgan fingerprint density at radius 3 is 2.23 bits per heavy atom. The fraction of sp³-hybridized carbons (Fsp3) is 0.111. The highest BCUT2D eigenvalue weighted by Gasteiger charge is 2.15. The number of sulfonamides is 1. The van der Waals surface area contributed by atoms with Crippen LogP contribution in [0.25, 0.3) is 0 Å². The molecule has 2 aromatic carbocycles. The first kappa shape index (κ1) is 19.0. The van der Waals surface area contributed by atoms with Crippen LogP contribution in [0.3, 0.4) is 0 Å². The highest BCUT2D eigenvalue weighted by molar-refractivity contribution is 9.11. The lowest BCUT2D eigenvalue weighted by Crippen LogP contribution is -2.22. The maximum atomic E-state index is 12.9. The predicted molar refractivity (Wildman–Crippen MR) is 103 cm³/mol. The fourth-order valence-corrected chi connectivity index (χ4v) is 5.21. The van der Waals surface area contributed by atoms with Crippen LogP contribution in [-0.2, 0) is 23.2 Å². The van der Waals surface area contributed by atoms with Gasteiger partial charge in [-0.05, 0) is 63.5 Å². The Balaban J connectivity index is 1.55. The molecule has 0 aliphatic rings. The molecule has 0 bridgehead atoms. The van der Waals surface area contributed by atoms with Crippen LogP contribution < -0.4 is 9.46 Å². The zero-order valence-electron chi connectivity index (χ0n) is 13.5. The summed E-state index contributed by atoms with van der Waals surface area (Å²) in [5.41, 5.74) is 1.68. The third-order valence-electron chi connectivity index (χ3n) is 3.52. The van der Waals surface area contributed by atoms with Gasteiger partial charge in [0.2, 0.25) is 10.0 Å². The molecule has 0 radical (unpaired) electrons. The molecule has 0 aliphatic heterocycles. The van der Waals surface area contributed by atoms with Crippen molar-refractivity contribution in [1.82, 2.24) is 4.72 Å². The number of hydrogen-bond donors (Lipinski definition) is 1. The largest absolute Gasteiger partial charge is 0.489 e. The Labute approximate surface area is 163 Å². The summed E-state index contributed by atoms with van der Waals surface area (Å²) in [5.74, 6) is 0.374. The molecule has 3 rings (SSSR count). The average Bonchev–Trinajstić information content (AvgIpc) is 3.08. The van der Waals surface area contributed by atoms with Gasteiger partial charge in [0.05, 0.1) is 3.79 Å². The van der Waals surface area contributed by atoms with Gasteiger partial charge in [0.25, 0.3) is 0 Å². The van der Waals surface area contributed by atoms with Crippen LogP contribution in [0.4, 0.5) is 4.39 Å². The summed E-state index contributed by atoms with van der Waals surface area (Å²) >= 11 is 4.42. The highest BCUT2D eigenvalue weighted by Crippen LogP contribution is 2.26. The van der Waals surface area contributed by atoms with Crippen LogP contribution in [0.2, 0.25) is 0 Å². The van der Waals surface area contributed by atoms with Gasteiger partial charge >= 0.3 is 0 Å². The summed E-state index contributed by atoms with van der Waals surface area (Å²) in [6.07, 6.45) is 0. The highest BCUT2D eigenvalue weighted by atomic mass is 79.9. The van der Waals surface area contributed by atoms with Gasteiger partial charge in [-0.15, -0.1) is 11.3 Å². The Hall–Kier alpha value is -1.74. The SMILES string of the molecule is O=S(=O)(NCc1ccc(OCc2ccc(F)cc2)cc1)c1ccc(Br)s1. The molecule has 0 aliphatic carbocycles. The fourth-order valence-electron chi connectivity index (χ4n) is 2.14. The predicted octanol–water partition coefficient (Wildman–Crippen LogP) is 4.71. The first-order valence-corrected chi connectivity index (χ1v) is 10.7. The number of nitrogens with one attached hydrogen (secondary N) is 1. The summed E-state index contributed by atoms with van der Waals surface area (Å²) < 4.78 is 46.5. The Kier molecular flexibility index (Phi) is 6.08. The van der Waals surface area contributed by atoms with Gasteiger partial charge in [-0.3, -0.25) is 0 Å². The summed E-state index contributed by atoms with van der Waals surface area (Å²) in [6.45, 7) is 0.523. The van der Waals surface area contributed by atoms with Crippen molar-refractivity contribution in [3.8, 4) is 5.75 Å². The van der Waals surface area contributed by atoms with Crippen molar-refractivity contribution < 1.29 is 17.5 Å². The molecule has 0 spiro atoms. The van der Waals surface area contributed by atoms with E-state index in [-0.39, 0.29) is 16.6 Å². The molecule has 3 aromatic rings. The van der Waals surface area contributed by atoms with Crippen LogP contribution in [-0.4, -0.2) is 8.42 Å². The second kappa shape index (κ2) is 8.30. The number of rotatable bonds is 7. The molecule has 0 atom stereocenters. The number of benzene rings is 2. The summed E-state index contributed by atoms with van der Waals surface area (Å²) in [7, 11) is -3.52. The minimum absolute atomic E-state index is 0.191. The van der Waals surface area contributed by atoms with Crippen molar-refractivity contribution in [2.75, 3.05) is 0 Å². The maximum absolute atomic E-state index is 12.9. The molecule has 0 saturated heterocycles. The summed E-state index contributed by atoms with van der Waals surface area (Å²) in [6, 6.07) is 16.5. The Morgan fingerprint density at radius 1 is 0.962 bits per heavy atom. The van der Waals surface area contributed by atoms with Crippen LogP contribution in [0, 0.1) is 5.82 Å². The van der Waals surface area contributed by atoms with Gasteiger partial charge in [-0.2, -0.15) is 0 Å². The molecule has 0 fully saturated rings. The molecule has 1 aromatic heterocycles. The molecule has 4 nitrogen and oxygen atoms in total. The summed E-state index contributed by atoms with van der Waals surface area (Å²) in [5, 5.41) is 0. The van der Waals surface area contributed by atoms with Gasteiger partial charge < -0.3 is 4.74 Å². The van der Waals surface area contributed by atoms with E-state index in [1.165, 1.54) is 12.1 Å². The number of hydrogen-bond acceptors (Lipinski definition) is 4. The van der Waals surface area contributed by atoms with Crippen molar-refractivity contribution in [3.63, 3.8) is 0 Å². The van der Waals surface area contributed by atoms with Crippen LogP contribution in [0.1, 0.15) is 11.1 Å². The lowest BCUT2D eigenvalue weighted by Gasteiger charge is -2.08. The van der Waals surface area contributed by atoms with Crippen LogP contribution in [0.5, 0.6) is 5.75 Å². The monoisotopic (exact) mass is 455 g/mol. The molecule has 26 heavy (non-hydrogen) atoms. The molecule has 8 heteroatoms. The molecular formula is C18H15BrFNO3S2. The lowest BCUT2D eigenvalue weighted by molar-refractivity contribution is 0.306. The second-order valence-electron chi connectivity index (χ2n) is 5.44. The molecule has 1 heterocycles. The third-order valence-corrected chi connectivity index (χ3v) is 7.04.